The van der Waals surface area contributed by atoms with Gasteiger partial charge in [0.15, 0.2) is 5.78 Å². The summed E-state index contributed by atoms with van der Waals surface area (Å²) in [6.07, 6.45) is 0. The fraction of sp³-hybridized carbons (Fsp3) is 0.0714. The van der Waals surface area contributed by atoms with E-state index in [0.29, 0.717) is 5.75 Å². The van der Waals surface area contributed by atoms with Crippen molar-refractivity contribution in [3.8, 4) is 5.75 Å². The van der Waals surface area contributed by atoms with Crippen LogP contribution >= 0.6 is 11.6 Å². The molecule has 0 aliphatic carbocycles. The minimum atomic E-state index is -0.920. The third-order valence-electron chi connectivity index (χ3n) is 2.61. The predicted octanol–water partition coefficient (Wildman–Crippen LogP) is 3.86. The van der Waals surface area contributed by atoms with Gasteiger partial charge in [-0.15, -0.1) is 0 Å². The highest BCUT2D eigenvalue weighted by atomic mass is 35.5. The number of benzene rings is 2. The van der Waals surface area contributed by atoms with E-state index in [1.165, 1.54) is 31.4 Å². The third-order valence-corrected chi connectivity index (χ3v) is 2.92. The van der Waals surface area contributed by atoms with Crippen LogP contribution in [0.1, 0.15) is 15.9 Å². The molecule has 98 valence electrons. The quantitative estimate of drug-likeness (QED) is 0.799. The van der Waals surface area contributed by atoms with Crippen molar-refractivity contribution >= 4 is 17.4 Å². The van der Waals surface area contributed by atoms with Crippen LogP contribution in [-0.4, -0.2) is 12.9 Å². The molecule has 0 radical (unpaired) electrons. The zero-order valence-electron chi connectivity index (χ0n) is 9.91. The van der Waals surface area contributed by atoms with E-state index in [0.717, 1.165) is 12.1 Å². The standard InChI is InChI=1S/C14H9ClF2O2/c1-19-8-5-6-9(10(15)7-8)14(18)13-11(16)3-2-4-12(13)17/h2-7H,1H3. The fourth-order valence-corrected chi connectivity index (χ4v) is 1.91. The Bertz CT molecular complexity index is 621. The Morgan fingerprint density at radius 1 is 1.16 bits per heavy atom. The Morgan fingerprint density at radius 2 is 1.79 bits per heavy atom. The van der Waals surface area contributed by atoms with E-state index in [2.05, 4.69) is 0 Å². The number of methoxy groups -OCH3 is 1. The zero-order chi connectivity index (χ0) is 14.0. The highest BCUT2D eigenvalue weighted by Crippen LogP contribution is 2.26. The molecule has 2 aromatic carbocycles. The fourth-order valence-electron chi connectivity index (χ4n) is 1.66. The van der Waals surface area contributed by atoms with E-state index in [-0.39, 0.29) is 10.6 Å². The number of carbonyl (C=O) groups is 1. The zero-order valence-corrected chi connectivity index (χ0v) is 10.7. The van der Waals surface area contributed by atoms with Crippen LogP contribution in [0, 0.1) is 11.6 Å². The molecule has 0 aliphatic heterocycles. The Kier molecular flexibility index (Phi) is 3.81. The van der Waals surface area contributed by atoms with Crippen LogP contribution in [0.4, 0.5) is 8.78 Å². The van der Waals surface area contributed by atoms with Crippen LogP contribution in [0.5, 0.6) is 5.75 Å². The van der Waals surface area contributed by atoms with Gasteiger partial charge in [-0.25, -0.2) is 8.78 Å². The van der Waals surface area contributed by atoms with Gasteiger partial charge in [0.05, 0.1) is 17.7 Å². The highest BCUT2D eigenvalue weighted by molar-refractivity contribution is 6.35. The van der Waals surface area contributed by atoms with Crippen molar-refractivity contribution in [3.05, 3.63) is 64.2 Å². The van der Waals surface area contributed by atoms with E-state index in [9.17, 15) is 13.6 Å². The summed E-state index contributed by atoms with van der Waals surface area (Å²) in [5, 5.41) is 0.0759. The first-order valence-corrected chi connectivity index (χ1v) is 5.74. The van der Waals surface area contributed by atoms with Crippen molar-refractivity contribution in [3.63, 3.8) is 0 Å². The second-order valence-electron chi connectivity index (χ2n) is 3.77. The second kappa shape index (κ2) is 5.36. The van der Waals surface area contributed by atoms with Gasteiger partial charge < -0.3 is 4.74 Å². The van der Waals surface area contributed by atoms with Crippen LogP contribution in [0.3, 0.4) is 0 Å². The largest absolute Gasteiger partial charge is 0.497 e. The van der Waals surface area contributed by atoms with Gasteiger partial charge in [-0.1, -0.05) is 17.7 Å². The maximum Gasteiger partial charge on any atom is 0.200 e. The van der Waals surface area contributed by atoms with Gasteiger partial charge in [0, 0.05) is 5.56 Å². The lowest BCUT2D eigenvalue weighted by Gasteiger charge is -2.07. The number of halogens is 3. The molecule has 2 rings (SSSR count). The predicted molar refractivity (Wildman–Crippen MR) is 67.8 cm³/mol. The minimum absolute atomic E-state index is 0.0199. The summed E-state index contributed by atoms with van der Waals surface area (Å²) in [5.74, 6) is -2.19. The first-order valence-electron chi connectivity index (χ1n) is 5.37. The molecule has 0 spiro atoms. The number of ether oxygens (including phenoxy) is 1. The first kappa shape index (κ1) is 13.5. The summed E-state index contributed by atoms with van der Waals surface area (Å²) in [7, 11) is 1.45. The van der Waals surface area contributed by atoms with E-state index in [4.69, 9.17) is 16.3 Å². The SMILES string of the molecule is COc1ccc(C(=O)c2c(F)cccc2F)c(Cl)c1. The summed E-state index contributed by atoms with van der Waals surface area (Å²) in [6.45, 7) is 0. The van der Waals surface area contributed by atoms with Gasteiger partial charge in [-0.3, -0.25) is 4.79 Å². The van der Waals surface area contributed by atoms with Crippen LogP contribution in [-0.2, 0) is 0 Å². The van der Waals surface area contributed by atoms with Crippen LogP contribution < -0.4 is 4.74 Å². The average Bonchev–Trinajstić information content (AvgIpc) is 2.38. The Morgan fingerprint density at radius 3 is 2.32 bits per heavy atom. The van der Waals surface area contributed by atoms with E-state index >= 15 is 0 Å². The van der Waals surface area contributed by atoms with Crippen molar-refractivity contribution in [1.82, 2.24) is 0 Å². The Hall–Kier alpha value is -1.94. The van der Waals surface area contributed by atoms with Crippen LogP contribution in [0.25, 0.3) is 0 Å². The second-order valence-corrected chi connectivity index (χ2v) is 4.18. The maximum absolute atomic E-state index is 13.5. The number of hydrogen-bond acceptors (Lipinski definition) is 2. The van der Waals surface area contributed by atoms with Gasteiger partial charge in [-0.2, -0.15) is 0 Å². The molecular weight excluding hydrogens is 274 g/mol. The number of carbonyl (C=O) groups excluding carboxylic acids is 1. The molecule has 0 aromatic heterocycles. The summed E-state index contributed by atoms with van der Waals surface area (Å²) >= 11 is 5.91. The monoisotopic (exact) mass is 282 g/mol. The van der Waals surface area contributed by atoms with Crippen LogP contribution in [0.2, 0.25) is 5.02 Å². The Balaban J connectivity index is 2.51. The maximum atomic E-state index is 13.5. The molecule has 0 heterocycles. The number of ketones is 1. The van der Waals surface area contributed by atoms with Gasteiger partial charge in [0.2, 0.25) is 0 Å². The van der Waals surface area contributed by atoms with Crippen molar-refractivity contribution in [2.45, 2.75) is 0 Å². The molecule has 2 aromatic rings. The molecule has 0 atom stereocenters. The molecule has 19 heavy (non-hydrogen) atoms. The number of hydrogen-bond donors (Lipinski definition) is 0. The van der Waals surface area contributed by atoms with Gasteiger partial charge in [0.1, 0.15) is 17.4 Å². The van der Waals surface area contributed by atoms with Crippen molar-refractivity contribution < 1.29 is 18.3 Å². The van der Waals surface area contributed by atoms with Gasteiger partial charge in [-0.05, 0) is 30.3 Å². The highest BCUT2D eigenvalue weighted by Gasteiger charge is 2.21. The molecule has 0 unspecified atom stereocenters. The van der Waals surface area contributed by atoms with Crippen LogP contribution in [0.15, 0.2) is 36.4 Å². The molecule has 5 heteroatoms. The average molecular weight is 283 g/mol. The third kappa shape index (κ3) is 2.58. The lowest BCUT2D eigenvalue weighted by molar-refractivity contribution is 0.103. The summed E-state index contributed by atoms with van der Waals surface area (Å²) < 4.78 is 32.0. The molecular formula is C14H9ClF2O2. The van der Waals surface area contributed by atoms with Crippen molar-refractivity contribution in [2.24, 2.45) is 0 Å². The molecule has 0 aliphatic rings. The van der Waals surface area contributed by atoms with Gasteiger partial charge in [0.25, 0.3) is 0 Å². The van der Waals surface area contributed by atoms with Crippen molar-refractivity contribution in [2.75, 3.05) is 7.11 Å². The van der Waals surface area contributed by atoms with Gasteiger partial charge >= 0.3 is 0 Å². The smallest absolute Gasteiger partial charge is 0.200 e. The minimum Gasteiger partial charge on any atom is -0.497 e. The van der Waals surface area contributed by atoms with E-state index in [1.807, 2.05) is 0 Å². The van der Waals surface area contributed by atoms with E-state index < -0.39 is 23.0 Å². The summed E-state index contributed by atoms with van der Waals surface area (Å²) in [6, 6.07) is 7.51. The molecule has 0 fully saturated rings. The summed E-state index contributed by atoms with van der Waals surface area (Å²) in [4.78, 5) is 12.1. The molecule has 2 nitrogen and oxygen atoms in total. The lowest BCUT2D eigenvalue weighted by Crippen LogP contribution is -2.08. The normalized spacial score (nSPS) is 10.3. The van der Waals surface area contributed by atoms with Crippen molar-refractivity contribution in [1.29, 1.82) is 0 Å². The van der Waals surface area contributed by atoms with E-state index in [1.54, 1.807) is 0 Å². The topological polar surface area (TPSA) is 26.3 Å². The lowest BCUT2D eigenvalue weighted by atomic mass is 10.0. The molecule has 0 saturated heterocycles. The molecule has 0 N–H and O–H groups in total. The molecule has 0 saturated carbocycles. The summed E-state index contributed by atoms with van der Waals surface area (Å²) in [5.41, 5.74) is -0.596. The molecule has 0 amide bonds. The first-order chi connectivity index (χ1) is 9.04. The number of rotatable bonds is 3. The Labute approximate surface area is 113 Å². The molecule has 0 bridgehead atoms.